The lowest BCUT2D eigenvalue weighted by Gasteiger charge is -2.21. The molecular formula is C13H18N2O5. The molecule has 20 heavy (non-hydrogen) atoms. The fourth-order valence-corrected chi connectivity index (χ4v) is 1.66. The zero-order valence-corrected chi connectivity index (χ0v) is 11.4. The summed E-state index contributed by atoms with van der Waals surface area (Å²) >= 11 is 0. The molecule has 0 fully saturated rings. The number of nitrogens with one attached hydrogen (secondary N) is 1. The van der Waals surface area contributed by atoms with Crippen molar-refractivity contribution in [2.24, 2.45) is 0 Å². The number of carbonyl (C=O) groups excluding carboxylic acids is 1. The number of carboxylic acid groups (broad SMARTS) is 1. The van der Waals surface area contributed by atoms with Crippen LogP contribution in [0.2, 0.25) is 0 Å². The molecule has 1 aromatic carbocycles. The Morgan fingerprint density at radius 2 is 2.10 bits per heavy atom. The monoisotopic (exact) mass is 282 g/mol. The van der Waals surface area contributed by atoms with Crippen molar-refractivity contribution in [3.8, 4) is 5.75 Å². The number of benzene rings is 1. The van der Waals surface area contributed by atoms with Crippen LogP contribution in [-0.2, 0) is 0 Å². The van der Waals surface area contributed by atoms with Gasteiger partial charge in [-0.15, -0.1) is 0 Å². The number of hydrogen-bond acceptors (Lipinski definition) is 4. The Kier molecular flexibility index (Phi) is 5.79. The van der Waals surface area contributed by atoms with Gasteiger partial charge in [0.05, 0.1) is 25.0 Å². The quantitative estimate of drug-likeness (QED) is 0.729. The van der Waals surface area contributed by atoms with Crippen LogP contribution in [0.5, 0.6) is 5.75 Å². The van der Waals surface area contributed by atoms with Gasteiger partial charge in [0.2, 0.25) is 0 Å². The molecule has 0 radical (unpaired) electrons. The summed E-state index contributed by atoms with van der Waals surface area (Å²) < 4.78 is 5.01. The van der Waals surface area contributed by atoms with E-state index in [9.17, 15) is 9.59 Å². The second-order valence-corrected chi connectivity index (χ2v) is 3.95. The average Bonchev–Trinajstić information content (AvgIpc) is 2.44. The average molecular weight is 282 g/mol. The Bertz CT molecular complexity index is 490. The number of ether oxygens (including phenoxy) is 1. The largest absolute Gasteiger partial charge is 0.497 e. The number of amides is 2. The van der Waals surface area contributed by atoms with Gasteiger partial charge in [0.25, 0.3) is 0 Å². The van der Waals surface area contributed by atoms with Crippen LogP contribution in [0.25, 0.3) is 0 Å². The summed E-state index contributed by atoms with van der Waals surface area (Å²) in [6.45, 7) is 2.18. The summed E-state index contributed by atoms with van der Waals surface area (Å²) in [7, 11) is 1.45. The maximum absolute atomic E-state index is 12.0. The van der Waals surface area contributed by atoms with E-state index in [0.717, 1.165) is 0 Å². The van der Waals surface area contributed by atoms with Crippen LogP contribution in [-0.4, -0.2) is 53.9 Å². The Labute approximate surface area is 116 Å². The maximum Gasteiger partial charge on any atom is 0.337 e. The SMILES string of the molecule is CCN(CCO)C(=O)Nc1cc(OC)ccc1C(=O)O. The number of likely N-dealkylation sites (N-methyl/N-ethyl adjacent to an activating group) is 1. The summed E-state index contributed by atoms with van der Waals surface area (Å²) in [5.74, 6) is -0.705. The summed E-state index contributed by atoms with van der Waals surface area (Å²) in [4.78, 5) is 24.5. The number of rotatable bonds is 6. The van der Waals surface area contributed by atoms with Gasteiger partial charge < -0.3 is 25.2 Å². The first-order chi connectivity index (χ1) is 9.53. The minimum Gasteiger partial charge on any atom is -0.497 e. The molecule has 0 heterocycles. The van der Waals surface area contributed by atoms with Crippen molar-refractivity contribution in [3.63, 3.8) is 0 Å². The highest BCUT2D eigenvalue weighted by atomic mass is 16.5. The number of carbonyl (C=O) groups is 2. The van der Waals surface area contributed by atoms with Crippen LogP contribution in [0.3, 0.4) is 0 Å². The molecule has 3 N–H and O–H groups in total. The standard InChI is InChI=1S/C13H18N2O5/c1-3-15(6-7-16)13(19)14-11-8-9(20-2)4-5-10(11)12(17)18/h4-5,8,16H,3,6-7H2,1-2H3,(H,14,19)(H,17,18). The van der Waals surface area contributed by atoms with Gasteiger partial charge in [-0.25, -0.2) is 9.59 Å². The van der Waals surface area contributed by atoms with Crippen LogP contribution >= 0.6 is 0 Å². The number of nitrogens with zero attached hydrogens (tertiary/aromatic N) is 1. The van der Waals surface area contributed by atoms with E-state index in [-0.39, 0.29) is 24.4 Å². The molecule has 0 aliphatic heterocycles. The third-order valence-electron chi connectivity index (χ3n) is 2.74. The Morgan fingerprint density at radius 1 is 1.40 bits per heavy atom. The second kappa shape index (κ2) is 7.34. The Hall–Kier alpha value is -2.28. The van der Waals surface area contributed by atoms with E-state index < -0.39 is 12.0 Å². The highest BCUT2D eigenvalue weighted by Crippen LogP contribution is 2.23. The third kappa shape index (κ3) is 3.86. The van der Waals surface area contributed by atoms with E-state index in [2.05, 4.69) is 5.32 Å². The maximum atomic E-state index is 12.0. The molecule has 0 aliphatic rings. The number of aromatic carboxylic acids is 1. The first-order valence-electron chi connectivity index (χ1n) is 6.11. The number of carboxylic acids is 1. The van der Waals surface area contributed by atoms with Crippen molar-refractivity contribution in [1.82, 2.24) is 4.90 Å². The van der Waals surface area contributed by atoms with E-state index in [1.54, 1.807) is 6.92 Å². The summed E-state index contributed by atoms with van der Waals surface area (Å²) in [5, 5.41) is 20.5. The molecule has 0 spiro atoms. The molecule has 0 atom stereocenters. The molecule has 0 unspecified atom stereocenters. The Balaban J connectivity index is 2.99. The zero-order chi connectivity index (χ0) is 15.1. The van der Waals surface area contributed by atoms with Crippen LogP contribution in [0.15, 0.2) is 18.2 Å². The fraction of sp³-hybridized carbons (Fsp3) is 0.385. The van der Waals surface area contributed by atoms with Gasteiger partial charge in [-0.1, -0.05) is 0 Å². The lowest BCUT2D eigenvalue weighted by atomic mass is 10.1. The number of anilines is 1. The predicted molar refractivity (Wildman–Crippen MR) is 73.3 cm³/mol. The van der Waals surface area contributed by atoms with Crippen molar-refractivity contribution in [2.45, 2.75) is 6.92 Å². The summed E-state index contributed by atoms with van der Waals surface area (Å²) in [6, 6.07) is 3.83. The van der Waals surface area contributed by atoms with Gasteiger partial charge in [-0.3, -0.25) is 0 Å². The van der Waals surface area contributed by atoms with Crippen LogP contribution in [0.1, 0.15) is 17.3 Å². The van der Waals surface area contributed by atoms with Crippen molar-refractivity contribution < 1.29 is 24.5 Å². The van der Waals surface area contributed by atoms with Crippen LogP contribution in [0.4, 0.5) is 10.5 Å². The number of hydrogen-bond donors (Lipinski definition) is 3. The lowest BCUT2D eigenvalue weighted by molar-refractivity contribution is 0.0698. The summed E-state index contributed by atoms with van der Waals surface area (Å²) in [6.07, 6.45) is 0. The highest BCUT2D eigenvalue weighted by Gasteiger charge is 2.16. The highest BCUT2D eigenvalue weighted by molar-refractivity contribution is 6.00. The van der Waals surface area contributed by atoms with Gasteiger partial charge in [-0.05, 0) is 19.1 Å². The van der Waals surface area contributed by atoms with Gasteiger partial charge in [0.15, 0.2) is 0 Å². The second-order valence-electron chi connectivity index (χ2n) is 3.95. The smallest absolute Gasteiger partial charge is 0.337 e. The number of aliphatic hydroxyl groups excluding tert-OH is 1. The molecule has 0 bridgehead atoms. The summed E-state index contributed by atoms with van der Waals surface area (Å²) in [5.41, 5.74) is 0.123. The van der Waals surface area contributed by atoms with Crippen molar-refractivity contribution in [1.29, 1.82) is 0 Å². The molecule has 2 amide bonds. The van der Waals surface area contributed by atoms with Crippen molar-refractivity contribution in [3.05, 3.63) is 23.8 Å². The normalized spacial score (nSPS) is 9.95. The molecule has 1 rings (SSSR count). The van der Waals surface area contributed by atoms with Crippen molar-refractivity contribution in [2.75, 3.05) is 32.1 Å². The van der Waals surface area contributed by atoms with Crippen LogP contribution < -0.4 is 10.1 Å². The topological polar surface area (TPSA) is 99.1 Å². The minimum atomic E-state index is -1.15. The third-order valence-corrected chi connectivity index (χ3v) is 2.74. The first-order valence-corrected chi connectivity index (χ1v) is 6.11. The van der Waals surface area contributed by atoms with Gasteiger partial charge in [0.1, 0.15) is 5.75 Å². The van der Waals surface area contributed by atoms with Crippen LogP contribution in [0, 0.1) is 0 Å². The molecule has 0 aliphatic carbocycles. The molecule has 0 aromatic heterocycles. The van der Waals surface area contributed by atoms with Gasteiger partial charge >= 0.3 is 12.0 Å². The molecule has 110 valence electrons. The molecule has 7 nitrogen and oxygen atoms in total. The lowest BCUT2D eigenvalue weighted by Crippen LogP contribution is -2.37. The van der Waals surface area contributed by atoms with E-state index in [1.807, 2.05) is 0 Å². The molecular weight excluding hydrogens is 264 g/mol. The number of urea groups is 1. The Morgan fingerprint density at radius 3 is 2.60 bits per heavy atom. The van der Waals surface area contributed by atoms with E-state index in [4.69, 9.17) is 14.9 Å². The van der Waals surface area contributed by atoms with E-state index >= 15 is 0 Å². The molecule has 0 saturated heterocycles. The zero-order valence-electron chi connectivity index (χ0n) is 11.4. The molecule has 1 aromatic rings. The molecule has 0 saturated carbocycles. The number of aliphatic hydroxyl groups is 1. The van der Waals surface area contributed by atoms with Gasteiger partial charge in [0, 0.05) is 19.2 Å². The number of methoxy groups -OCH3 is 1. The van der Waals surface area contributed by atoms with Crippen molar-refractivity contribution >= 4 is 17.7 Å². The first kappa shape index (κ1) is 15.8. The fourth-order valence-electron chi connectivity index (χ4n) is 1.66. The van der Waals surface area contributed by atoms with E-state index in [0.29, 0.717) is 12.3 Å². The van der Waals surface area contributed by atoms with Gasteiger partial charge in [-0.2, -0.15) is 0 Å². The molecule has 7 heteroatoms. The predicted octanol–water partition coefficient (Wildman–Crippen LogP) is 1.24. The minimum absolute atomic E-state index is 0.0285. The van der Waals surface area contributed by atoms with E-state index in [1.165, 1.54) is 30.2 Å².